The molecule has 0 spiro atoms. The standard InChI is InChI=1S/C19H14Cl2N2O3S/c20-13-5-3-4-11(17(13)21)8-12-9-22-19(27-12)23-18(24)16-10-25-14-6-1-2-7-15(14)26-16/h1-7,9,16H,8,10H2,(H,22,23,24)/t16-/m1/s1. The summed E-state index contributed by atoms with van der Waals surface area (Å²) < 4.78 is 11.3. The van der Waals surface area contributed by atoms with Gasteiger partial charge in [-0.3, -0.25) is 10.1 Å². The number of ether oxygens (including phenoxy) is 2. The Hall–Kier alpha value is -2.28. The van der Waals surface area contributed by atoms with Gasteiger partial charge in [0.2, 0.25) is 6.10 Å². The lowest BCUT2D eigenvalue weighted by molar-refractivity contribution is -0.125. The normalized spacial score (nSPS) is 15.4. The number of hydrogen-bond acceptors (Lipinski definition) is 5. The molecule has 4 rings (SSSR count). The maximum absolute atomic E-state index is 12.5. The van der Waals surface area contributed by atoms with Gasteiger partial charge >= 0.3 is 0 Å². The molecule has 5 nitrogen and oxygen atoms in total. The molecule has 0 unspecified atom stereocenters. The van der Waals surface area contributed by atoms with E-state index >= 15 is 0 Å². The van der Waals surface area contributed by atoms with Gasteiger partial charge in [0.05, 0.1) is 10.0 Å². The van der Waals surface area contributed by atoms with Crippen LogP contribution in [0.15, 0.2) is 48.7 Å². The van der Waals surface area contributed by atoms with E-state index in [9.17, 15) is 4.79 Å². The molecule has 1 atom stereocenters. The van der Waals surface area contributed by atoms with Gasteiger partial charge in [-0.05, 0) is 23.8 Å². The molecule has 0 saturated carbocycles. The second-order valence-corrected chi connectivity index (χ2v) is 7.78. The van der Waals surface area contributed by atoms with E-state index in [-0.39, 0.29) is 12.5 Å². The molecule has 3 aromatic rings. The Morgan fingerprint density at radius 3 is 2.85 bits per heavy atom. The third kappa shape index (κ3) is 4.03. The molecule has 2 heterocycles. The number of fused-ring (bicyclic) bond motifs is 1. The zero-order valence-electron chi connectivity index (χ0n) is 13.9. The number of carbonyl (C=O) groups excluding carboxylic acids is 1. The molecule has 0 saturated heterocycles. The van der Waals surface area contributed by atoms with Gasteiger partial charge in [-0.15, -0.1) is 11.3 Å². The van der Waals surface area contributed by atoms with Crippen LogP contribution in [0, 0.1) is 0 Å². The minimum Gasteiger partial charge on any atom is -0.485 e. The number of rotatable bonds is 4. The van der Waals surface area contributed by atoms with Gasteiger partial charge < -0.3 is 9.47 Å². The van der Waals surface area contributed by atoms with Gasteiger partial charge in [-0.1, -0.05) is 47.5 Å². The van der Waals surface area contributed by atoms with Crippen LogP contribution in [0.1, 0.15) is 10.4 Å². The molecule has 1 N–H and O–H groups in total. The second kappa shape index (κ2) is 7.76. The van der Waals surface area contributed by atoms with Gasteiger partial charge in [0, 0.05) is 17.5 Å². The van der Waals surface area contributed by atoms with Crippen molar-refractivity contribution in [2.24, 2.45) is 0 Å². The highest BCUT2D eigenvalue weighted by Crippen LogP contribution is 2.32. The van der Waals surface area contributed by atoms with Crippen LogP contribution in [0.2, 0.25) is 10.0 Å². The van der Waals surface area contributed by atoms with Crippen LogP contribution < -0.4 is 14.8 Å². The number of anilines is 1. The lowest BCUT2D eigenvalue weighted by Crippen LogP contribution is -2.40. The fraction of sp³-hybridized carbons (Fsp3) is 0.158. The SMILES string of the molecule is O=C(Nc1ncc(Cc2cccc(Cl)c2Cl)s1)[C@H]1COc2ccccc2O1. The van der Waals surface area contributed by atoms with Crippen molar-refractivity contribution in [3.63, 3.8) is 0 Å². The minimum atomic E-state index is -0.727. The third-order valence-electron chi connectivity index (χ3n) is 3.98. The number of hydrogen-bond donors (Lipinski definition) is 1. The summed E-state index contributed by atoms with van der Waals surface area (Å²) in [6, 6.07) is 12.8. The van der Waals surface area contributed by atoms with Crippen LogP contribution in [0.25, 0.3) is 0 Å². The Bertz CT molecular complexity index is 993. The fourth-order valence-electron chi connectivity index (χ4n) is 2.65. The van der Waals surface area contributed by atoms with Crippen molar-refractivity contribution in [2.45, 2.75) is 12.5 Å². The first-order valence-electron chi connectivity index (χ1n) is 8.17. The highest BCUT2D eigenvalue weighted by molar-refractivity contribution is 7.15. The molecule has 8 heteroatoms. The lowest BCUT2D eigenvalue weighted by atomic mass is 10.1. The summed E-state index contributed by atoms with van der Waals surface area (Å²) in [6.45, 7) is 0.152. The number of benzene rings is 2. The van der Waals surface area contributed by atoms with Crippen LogP contribution >= 0.6 is 34.5 Å². The molecule has 1 aromatic heterocycles. The van der Waals surface area contributed by atoms with Crippen molar-refractivity contribution in [1.82, 2.24) is 4.98 Å². The van der Waals surface area contributed by atoms with Crippen LogP contribution in [0.3, 0.4) is 0 Å². The molecule has 0 aliphatic carbocycles. The highest BCUT2D eigenvalue weighted by Gasteiger charge is 2.27. The van der Waals surface area contributed by atoms with Crippen molar-refractivity contribution in [3.05, 3.63) is 69.1 Å². The topological polar surface area (TPSA) is 60.5 Å². The summed E-state index contributed by atoms with van der Waals surface area (Å²) in [5, 5.41) is 4.32. The Morgan fingerprint density at radius 1 is 1.19 bits per heavy atom. The predicted octanol–water partition coefficient (Wildman–Crippen LogP) is 4.82. The van der Waals surface area contributed by atoms with Crippen molar-refractivity contribution < 1.29 is 14.3 Å². The molecule has 1 aliphatic rings. The Balaban J connectivity index is 1.41. The number of amides is 1. The zero-order valence-corrected chi connectivity index (χ0v) is 16.3. The molecule has 138 valence electrons. The van der Waals surface area contributed by atoms with Gasteiger partial charge in [0.1, 0.15) is 6.61 Å². The van der Waals surface area contributed by atoms with E-state index < -0.39 is 6.10 Å². The molecular weight excluding hydrogens is 407 g/mol. The van der Waals surface area contributed by atoms with Crippen molar-refractivity contribution >= 4 is 45.6 Å². The molecule has 27 heavy (non-hydrogen) atoms. The molecule has 0 bridgehead atoms. The van der Waals surface area contributed by atoms with E-state index in [1.807, 2.05) is 24.3 Å². The zero-order chi connectivity index (χ0) is 18.8. The summed E-state index contributed by atoms with van der Waals surface area (Å²) in [4.78, 5) is 17.7. The summed E-state index contributed by atoms with van der Waals surface area (Å²) in [6.07, 6.45) is 1.57. The highest BCUT2D eigenvalue weighted by atomic mass is 35.5. The van der Waals surface area contributed by atoms with E-state index in [2.05, 4.69) is 10.3 Å². The van der Waals surface area contributed by atoms with Crippen LogP contribution in [0.5, 0.6) is 11.5 Å². The van der Waals surface area contributed by atoms with E-state index in [1.165, 1.54) is 11.3 Å². The van der Waals surface area contributed by atoms with E-state index in [0.29, 0.717) is 33.1 Å². The first kappa shape index (κ1) is 18.1. The number of nitrogens with zero attached hydrogens (tertiary/aromatic N) is 1. The first-order valence-corrected chi connectivity index (χ1v) is 9.74. The Morgan fingerprint density at radius 2 is 2.00 bits per heavy atom. The monoisotopic (exact) mass is 420 g/mol. The summed E-state index contributed by atoms with van der Waals surface area (Å²) in [7, 11) is 0. The van der Waals surface area contributed by atoms with E-state index in [4.69, 9.17) is 32.7 Å². The Labute approximate surface area is 169 Å². The van der Waals surface area contributed by atoms with Crippen LogP contribution in [-0.4, -0.2) is 23.6 Å². The summed E-state index contributed by atoms with van der Waals surface area (Å²) in [5.74, 6) is 0.891. The largest absolute Gasteiger partial charge is 0.485 e. The van der Waals surface area contributed by atoms with Crippen LogP contribution in [-0.2, 0) is 11.2 Å². The first-order chi connectivity index (χ1) is 13.1. The number of thiazole rings is 1. The van der Waals surface area contributed by atoms with Gasteiger partial charge in [0.15, 0.2) is 16.6 Å². The molecular formula is C19H14Cl2N2O3S. The quantitative estimate of drug-likeness (QED) is 0.656. The number of aromatic nitrogens is 1. The summed E-state index contributed by atoms with van der Waals surface area (Å²) >= 11 is 13.7. The molecule has 1 amide bonds. The van der Waals surface area contributed by atoms with Crippen molar-refractivity contribution in [1.29, 1.82) is 0 Å². The van der Waals surface area contributed by atoms with Crippen molar-refractivity contribution in [2.75, 3.05) is 11.9 Å². The molecule has 0 fully saturated rings. The third-order valence-corrected chi connectivity index (χ3v) is 5.75. The fourth-order valence-corrected chi connectivity index (χ4v) is 3.88. The van der Waals surface area contributed by atoms with Crippen molar-refractivity contribution in [3.8, 4) is 11.5 Å². The Kier molecular flexibility index (Phi) is 5.20. The average Bonchev–Trinajstić information content (AvgIpc) is 3.12. The molecule has 2 aromatic carbocycles. The number of para-hydroxylation sites is 2. The predicted molar refractivity (Wildman–Crippen MR) is 106 cm³/mol. The second-order valence-electron chi connectivity index (χ2n) is 5.87. The van der Waals surface area contributed by atoms with E-state index in [1.54, 1.807) is 24.4 Å². The van der Waals surface area contributed by atoms with Crippen LogP contribution in [0.4, 0.5) is 5.13 Å². The maximum Gasteiger partial charge on any atom is 0.270 e. The molecule has 0 radical (unpaired) electrons. The average molecular weight is 421 g/mol. The number of carbonyl (C=O) groups is 1. The maximum atomic E-state index is 12.5. The summed E-state index contributed by atoms with van der Waals surface area (Å²) in [5.41, 5.74) is 0.909. The smallest absolute Gasteiger partial charge is 0.270 e. The number of halogens is 2. The molecule has 1 aliphatic heterocycles. The number of nitrogens with one attached hydrogen (secondary N) is 1. The minimum absolute atomic E-state index is 0.152. The van der Waals surface area contributed by atoms with Gasteiger partial charge in [-0.25, -0.2) is 4.98 Å². The lowest BCUT2D eigenvalue weighted by Gasteiger charge is -2.25. The van der Waals surface area contributed by atoms with Gasteiger partial charge in [0.25, 0.3) is 5.91 Å². The van der Waals surface area contributed by atoms with E-state index in [0.717, 1.165) is 10.4 Å². The van der Waals surface area contributed by atoms with Gasteiger partial charge in [-0.2, -0.15) is 0 Å².